The highest BCUT2D eigenvalue weighted by Crippen LogP contribution is 2.37. The Morgan fingerprint density at radius 2 is 2.00 bits per heavy atom. The van der Waals surface area contributed by atoms with Crippen molar-refractivity contribution in [2.45, 2.75) is 45.7 Å². The van der Waals surface area contributed by atoms with E-state index in [0.29, 0.717) is 45.7 Å². The lowest BCUT2D eigenvalue weighted by molar-refractivity contribution is -0.149. The van der Waals surface area contributed by atoms with Crippen LogP contribution in [0.15, 0.2) is 39.0 Å². The zero-order valence-electron chi connectivity index (χ0n) is 20.8. The number of hydrogen-bond donors (Lipinski definition) is 2. The third-order valence-corrected chi connectivity index (χ3v) is 5.99. The number of aromatic hydroxyl groups is 1. The quantitative estimate of drug-likeness (QED) is 0.540. The molecule has 1 aromatic carbocycles. The van der Waals surface area contributed by atoms with Gasteiger partial charge in [0.2, 0.25) is 0 Å². The van der Waals surface area contributed by atoms with E-state index in [0.717, 1.165) is 34.5 Å². The van der Waals surface area contributed by atoms with Crippen LogP contribution >= 0.6 is 0 Å². The first-order chi connectivity index (χ1) is 16.2. The molecular weight excluding hydrogens is 435 g/mol. The van der Waals surface area contributed by atoms with E-state index in [2.05, 4.69) is 33.8 Å². The number of alkyl halides is 1. The van der Waals surface area contributed by atoms with Crippen molar-refractivity contribution in [2.24, 2.45) is 15.1 Å². The number of likely N-dealkylation sites (N-methyl/N-ethyl adjacent to an activating group) is 1. The molecule has 2 N–H and O–H groups in total. The van der Waals surface area contributed by atoms with E-state index in [1.165, 1.54) is 0 Å². The Morgan fingerprint density at radius 3 is 2.50 bits per heavy atom. The fourth-order valence-corrected chi connectivity index (χ4v) is 3.90. The van der Waals surface area contributed by atoms with Gasteiger partial charge in [-0.2, -0.15) is 5.10 Å². The number of rotatable bonds is 9. The molecule has 1 fully saturated rings. The Morgan fingerprint density at radius 1 is 1.29 bits per heavy atom. The number of aryl methyl sites for hydroxylation is 2. The van der Waals surface area contributed by atoms with E-state index in [1.807, 2.05) is 40.0 Å². The Balaban J connectivity index is 0.000000242. The topological polar surface area (TPSA) is 92.9 Å². The van der Waals surface area contributed by atoms with Gasteiger partial charge in [-0.25, -0.2) is 9.40 Å². The van der Waals surface area contributed by atoms with Crippen LogP contribution in [0.4, 0.5) is 4.39 Å². The second-order valence-electron chi connectivity index (χ2n) is 8.65. The molecule has 186 valence electrons. The molecule has 0 unspecified atom stereocenters. The first-order valence-electron chi connectivity index (χ1n) is 11.5. The van der Waals surface area contributed by atoms with Crippen LogP contribution in [0.5, 0.6) is 5.75 Å². The number of hydrogen-bond acceptors (Lipinski definition) is 7. The summed E-state index contributed by atoms with van der Waals surface area (Å²) in [7, 11) is 1.81. The minimum Gasteiger partial charge on any atom is -0.507 e. The van der Waals surface area contributed by atoms with Crippen molar-refractivity contribution in [1.82, 2.24) is 15.2 Å². The SMILES string of the molecule is C=NCCN(CCNC)C(=O)C1(F)CCC1.C=NN1CN=C(c2c(C)cc(C)cc2O)C=C1C. The number of aliphatic imine (C=N–C) groups is 2. The smallest absolute Gasteiger partial charge is 0.260 e. The summed E-state index contributed by atoms with van der Waals surface area (Å²) in [5.41, 5.74) is 3.02. The Hall–Kier alpha value is -3.07. The number of halogens is 1. The molecule has 0 atom stereocenters. The van der Waals surface area contributed by atoms with E-state index in [9.17, 15) is 14.3 Å². The average Bonchev–Trinajstić information content (AvgIpc) is 2.77. The second kappa shape index (κ2) is 12.4. The van der Waals surface area contributed by atoms with Crippen LogP contribution in [0.25, 0.3) is 0 Å². The van der Waals surface area contributed by atoms with E-state index in [4.69, 9.17) is 0 Å². The van der Waals surface area contributed by atoms with Gasteiger partial charge in [0.15, 0.2) is 5.67 Å². The molecule has 1 amide bonds. The monoisotopic (exact) mass is 472 g/mol. The number of phenols is 1. The van der Waals surface area contributed by atoms with Crippen molar-refractivity contribution in [1.29, 1.82) is 0 Å². The van der Waals surface area contributed by atoms with E-state index in [-0.39, 0.29) is 11.7 Å². The van der Waals surface area contributed by atoms with Gasteiger partial charge in [0.05, 0.1) is 12.3 Å². The largest absolute Gasteiger partial charge is 0.507 e. The molecule has 3 rings (SSSR count). The molecule has 2 aliphatic rings. The highest BCUT2D eigenvalue weighted by molar-refractivity contribution is 6.12. The summed E-state index contributed by atoms with van der Waals surface area (Å²) in [4.78, 5) is 21.6. The number of amides is 1. The number of carbonyl (C=O) groups is 1. The van der Waals surface area contributed by atoms with Gasteiger partial charge < -0.3 is 15.3 Å². The standard InChI is InChI=1S/C14H17N3O.C11H20FN3O/c1-9-5-10(2)14(13(18)6-9)12-7-11(3)17(15-4)8-16-12;1-13-6-8-15(9-7-14-2)10(16)11(12)4-3-5-11/h5-7,18H,4,8H2,1-3H3;14H,1,3-9H2,2H3. The molecule has 34 heavy (non-hydrogen) atoms. The van der Waals surface area contributed by atoms with Gasteiger partial charge in [0, 0.05) is 37.6 Å². The van der Waals surface area contributed by atoms with Gasteiger partial charge in [-0.3, -0.25) is 14.8 Å². The fourth-order valence-electron chi connectivity index (χ4n) is 3.90. The minimum atomic E-state index is -1.60. The predicted molar refractivity (Wildman–Crippen MR) is 137 cm³/mol. The lowest BCUT2D eigenvalue weighted by atomic mass is 9.81. The van der Waals surface area contributed by atoms with Gasteiger partial charge in [-0.15, -0.1) is 0 Å². The normalized spacial score (nSPS) is 16.3. The van der Waals surface area contributed by atoms with Gasteiger partial charge >= 0.3 is 0 Å². The number of benzene rings is 1. The van der Waals surface area contributed by atoms with Crippen molar-refractivity contribution < 1.29 is 14.3 Å². The van der Waals surface area contributed by atoms with Crippen molar-refractivity contribution in [3.63, 3.8) is 0 Å². The molecule has 9 heteroatoms. The van der Waals surface area contributed by atoms with E-state index in [1.54, 1.807) is 16.0 Å². The number of nitrogens with zero attached hydrogens (tertiary/aromatic N) is 5. The molecule has 1 aliphatic carbocycles. The number of carbonyl (C=O) groups excluding carboxylic acids is 1. The molecule has 1 aliphatic heterocycles. The van der Waals surface area contributed by atoms with Crippen LogP contribution in [0, 0.1) is 13.8 Å². The highest BCUT2D eigenvalue weighted by Gasteiger charge is 2.46. The fraction of sp³-hybridized carbons (Fsp3) is 0.520. The summed E-state index contributed by atoms with van der Waals surface area (Å²) in [6, 6.07) is 3.80. The average molecular weight is 473 g/mol. The number of hydrazone groups is 1. The van der Waals surface area contributed by atoms with Crippen LogP contribution in [0.1, 0.15) is 42.9 Å². The minimum absolute atomic E-state index is 0.273. The molecule has 0 aromatic heterocycles. The van der Waals surface area contributed by atoms with Crippen LogP contribution in [-0.2, 0) is 4.79 Å². The van der Waals surface area contributed by atoms with Crippen LogP contribution < -0.4 is 5.32 Å². The molecule has 0 saturated heterocycles. The number of phenolic OH excluding ortho intramolecular Hbond substituents is 1. The molecule has 1 saturated carbocycles. The zero-order chi connectivity index (χ0) is 25.3. The summed E-state index contributed by atoms with van der Waals surface area (Å²) >= 11 is 0. The van der Waals surface area contributed by atoms with Gasteiger partial charge in [-0.1, -0.05) is 6.07 Å². The lowest BCUT2D eigenvalue weighted by Crippen LogP contribution is -2.52. The first-order valence-corrected chi connectivity index (χ1v) is 11.5. The third kappa shape index (κ3) is 6.72. The zero-order valence-corrected chi connectivity index (χ0v) is 20.8. The maximum absolute atomic E-state index is 13.9. The summed E-state index contributed by atoms with van der Waals surface area (Å²) in [6.45, 7) is 15.3. The number of nitrogens with one attached hydrogen (secondary N) is 1. The molecule has 1 aromatic rings. The van der Waals surface area contributed by atoms with E-state index < -0.39 is 5.67 Å². The Labute approximate surface area is 202 Å². The van der Waals surface area contributed by atoms with Gasteiger partial charge in [-0.05, 0) is 77.1 Å². The lowest BCUT2D eigenvalue weighted by Gasteiger charge is -2.37. The summed E-state index contributed by atoms with van der Waals surface area (Å²) < 4.78 is 13.9. The summed E-state index contributed by atoms with van der Waals surface area (Å²) in [5.74, 6) is -0.104. The first kappa shape index (κ1) is 27.2. The maximum Gasteiger partial charge on any atom is 0.260 e. The molecule has 0 spiro atoms. The molecule has 1 heterocycles. The van der Waals surface area contributed by atoms with Crippen LogP contribution in [-0.4, -0.2) is 85.6 Å². The molecule has 8 nitrogen and oxygen atoms in total. The Bertz CT molecular complexity index is 932. The predicted octanol–water partition coefficient (Wildman–Crippen LogP) is 3.22. The second-order valence-corrected chi connectivity index (χ2v) is 8.65. The van der Waals surface area contributed by atoms with Crippen molar-refractivity contribution in [2.75, 3.05) is 39.9 Å². The number of allylic oxidation sites excluding steroid dienone is 2. The van der Waals surface area contributed by atoms with Crippen LogP contribution in [0.2, 0.25) is 0 Å². The Kier molecular flexibility index (Phi) is 9.92. The highest BCUT2D eigenvalue weighted by atomic mass is 19.1. The maximum atomic E-state index is 13.9. The van der Waals surface area contributed by atoms with Crippen molar-refractivity contribution in [3.05, 3.63) is 40.6 Å². The summed E-state index contributed by atoms with van der Waals surface area (Å²) in [6.07, 6.45) is 3.45. The van der Waals surface area contributed by atoms with Crippen molar-refractivity contribution >= 4 is 25.1 Å². The van der Waals surface area contributed by atoms with Crippen LogP contribution in [0.3, 0.4) is 0 Å². The summed E-state index contributed by atoms with van der Waals surface area (Å²) in [5, 5.41) is 18.6. The molecule has 0 bridgehead atoms. The molecule has 0 radical (unpaired) electrons. The third-order valence-electron chi connectivity index (χ3n) is 5.99. The van der Waals surface area contributed by atoms with Gasteiger partial charge in [0.1, 0.15) is 12.4 Å². The van der Waals surface area contributed by atoms with Crippen molar-refractivity contribution in [3.8, 4) is 5.75 Å². The van der Waals surface area contributed by atoms with E-state index >= 15 is 0 Å². The molecular formula is C25H37FN6O2. The van der Waals surface area contributed by atoms with Gasteiger partial charge in [0.25, 0.3) is 5.91 Å².